The van der Waals surface area contributed by atoms with Gasteiger partial charge in [-0.2, -0.15) is 0 Å². The predicted molar refractivity (Wildman–Crippen MR) is 69.2 cm³/mol. The Morgan fingerprint density at radius 1 is 0.952 bits per heavy atom. The Labute approximate surface area is 123 Å². The van der Waals surface area contributed by atoms with Gasteiger partial charge in [0.15, 0.2) is 5.17 Å². The zero-order valence-corrected chi connectivity index (χ0v) is 12.1. The van der Waals surface area contributed by atoms with Gasteiger partial charge in [0, 0.05) is 13.8 Å². The van der Waals surface area contributed by atoms with E-state index in [4.69, 9.17) is 5.41 Å². The van der Waals surface area contributed by atoms with Crippen LogP contribution in [0.25, 0.3) is 0 Å². The molecule has 21 heavy (non-hydrogen) atoms. The molecule has 0 aromatic heterocycles. The van der Waals surface area contributed by atoms with Crippen molar-refractivity contribution in [2.45, 2.75) is 13.8 Å². The van der Waals surface area contributed by atoms with Crippen molar-refractivity contribution in [2.75, 3.05) is 19.3 Å². The smallest absolute Gasteiger partial charge is 0.416 e. The van der Waals surface area contributed by atoms with Crippen LogP contribution >= 0.6 is 11.8 Å². The number of amidine groups is 1. The van der Waals surface area contributed by atoms with Crippen LogP contribution in [0.3, 0.4) is 0 Å². The lowest BCUT2D eigenvalue weighted by Crippen LogP contribution is -2.30. The number of nitrogens with one attached hydrogen (secondary N) is 2. The standard InChI is InChI=1S/C10H14N2O8S/c1-6(13)17-4-19-8(15)3-21-9(11)12-10(16)20-5-18-7(2)14/h3-5H2,1-2H3,(H2,11,12,16). The molecule has 11 heteroatoms. The van der Waals surface area contributed by atoms with Gasteiger partial charge in [0.2, 0.25) is 13.6 Å². The maximum Gasteiger partial charge on any atom is 0.416 e. The number of esters is 3. The summed E-state index contributed by atoms with van der Waals surface area (Å²) in [5.74, 6) is -2.23. The number of hydrogen-bond acceptors (Lipinski definition) is 10. The van der Waals surface area contributed by atoms with Crippen LogP contribution in [-0.4, -0.2) is 48.5 Å². The molecular weight excluding hydrogens is 308 g/mol. The summed E-state index contributed by atoms with van der Waals surface area (Å²) in [6.45, 7) is 1.20. The summed E-state index contributed by atoms with van der Waals surface area (Å²) in [4.78, 5) is 43.0. The van der Waals surface area contributed by atoms with Crippen LogP contribution in [0, 0.1) is 5.41 Å². The fraction of sp³-hybridized carbons (Fsp3) is 0.500. The molecule has 0 aromatic carbocycles. The average molecular weight is 322 g/mol. The number of alkyl carbamates (subject to hydrolysis) is 1. The summed E-state index contributed by atoms with van der Waals surface area (Å²) < 4.78 is 17.6. The third kappa shape index (κ3) is 12.5. The van der Waals surface area contributed by atoms with E-state index in [0.29, 0.717) is 11.8 Å². The molecule has 0 heterocycles. The SMILES string of the molecule is CC(=O)OCOC(=O)CSC(=N)NC(=O)OCOC(C)=O. The van der Waals surface area contributed by atoms with Gasteiger partial charge in [-0.25, -0.2) is 4.79 Å². The lowest BCUT2D eigenvalue weighted by molar-refractivity contribution is -0.163. The molecule has 0 radical (unpaired) electrons. The van der Waals surface area contributed by atoms with Crippen molar-refractivity contribution >= 4 is 40.9 Å². The van der Waals surface area contributed by atoms with Gasteiger partial charge in [-0.3, -0.25) is 25.1 Å². The normalized spacial score (nSPS) is 9.24. The predicted octanol–water partition coefficient (Wildman–Crippen LogP) is -0.0350. The third-order valence-electron chi connectivity index (χ3n) is 1.48. The van der Waals surface area contributed by atoms with Crippen LogP contribution in [-0.2, 0) is 33.3 Å². The molecule has 0 fully saturated rings. The highest BCUT2D eigenvalue weighted by Crippen LogP contribution is 2.01. The Balaban J connectivity index is 3.73. The summed E-state index contributed by atoms with van der Waals surface area (Å²) in [7, 11) is 0. The minimum absolute atomic E-state index is 0.273. The first-order valence-corrected chi connectivity index (χ1v) is 6.37. The Morgan fingerprint density at radius 2 is 1.48 bits per heavy atom. The highest BCUT2D eigenvalue weighted by molar-refractivity contribution is 8.14. The molecule has 0 aliphatic heterocycles. The Bertz CT molecular complexity index is 425. The van der Waals surface area contributed by atoms with Gasteiger partial charge in [-0.1, -0.05) is 11.8 Å². The Hall–Kier alpha value is -2.30. The van der Waals surface area contributed by atoms with Crippen molar-refractivity contribution in [3.8, 4) is 0 Å². The second-order valence-corrected chi connectivity index (χ2v) is 4.18. The van der Waals surface area contributed by atoms with E-state index in [1.165, 1.54) is 0 Å². The molecule has 0 bridgehead atoms. The maximum absolute atomic E-state index is 11.1. The highest BCUT2D eigenvalue weighted by atomic mass is 32.2. The van der Waals surface area contributed by atoms with E-state index < -0.39 is 37.6 Å². The van der Waals surface area contributed by atoms with Crippen LogP contribution in [0.15, 0.2) is 0 Å². The first-order valence-electron chi connectivity index (χ1n) is 5.38. The number of carbonyl (C=O) groups is 4. The molecular formula is C10H14N2O8S. The molecule has 2 N–H and O–H groups in total. The molecule has 0 unspecified atom stereocenters. The largest absolute Gasteiger partial charge is 0.428 e. The van der Waals surface area contributed by atoms with Gasteiger partial charge in [0.05, 0.1) is 5.75 Å². The average Bonchev–Trinajstić information content (AvgIpc) is 2.35. The van der Waals surface area contributed by atoms with Gasteiger partial charge in [-0.15, -0.1) is 0 Å². The molecule has 0 atom stereocenters. The monoisotopic (exact) mass is 322 g/mol. The van der Waals surface area contributed by atoms with Crippen LogP contribution < -0.4 is 5.32 Å². The highest BCUT2D eigenvalue weighted by Gasteiger charge is 2.10. The van der Waals surface area contributed by atoms with Crippen LogP contribution in [0.1, 0.15) is 13.8 Å². The van der Waals surface area contributed by atoms with Gasteiger partial charge >= 0.3 is 24.0 Å². The van der Waals surface area contributed by atoms with Gasteiger partial charge in [0.1, 0.15) is 0 Å². The van der Waals surface area contributed by atoms with E-state index >= 15 is 0 Å². The number of thioether (sulfide) groups is 1. The number of amides is 1. The Kier molecular flexibility index (Phi) is 9.33. The van der Waals surface area contributed by atoms with Crippen molar-refractivity contribution in [1.82, 2.24) is 5.32 Å². The number of hydrogen-bond donors (Lipinski definition) is 2. The van der Waals surface area contributed by atoms with E-state index in [1.807, 2.05) is 5.32 Å². The summed E-state index contributed by atoms with van der Waals surface area (Å²) in [5, 5.41) is 8.94. The summed E-state index contributed by atoms with van der Waals surface area (Å²) in [5.41, 5.74) is 0. The zero-order chi connectivity index (χ0) is 16.3. The number of carbonyl (C=O) groups excluding carboxylic acids is 4. The van der Waals surface area contributed by atoms with E-state index in [1.54, 1.807) is 0 Å². The maximum atomic E-state index is 11.1. The molecule has 0 spiro atoms. The fourth-order valence-electron chi connectivity index (χ4n) is 0.682. The van der Waals surface area contributed by atoms with E-state index in [0.717, 1.165) is 13.8 Å². The molecule has 0 aromatic rings. The van der Waals surface area contributed by atoms with Crippen LogP contribution in [0.2, 0.25) is 0 Å². The number of ether oxygens (including phenoxy) is 4. The molecule has 0 saturated carbocycles. The first-order chi connectivity index (χ1) is 9.81. The molecule has 118 valence electrons. The lowest BCUT2D eigenvalue weighted by Gasteiger charge is -2.07. The van der Waals surface area contributed by atoms with Gasteiger partial charge in [-0.05, 0) is 0 Å². The van der Waals surface area contributed by atoms with E-state index in [-0.39, 0.29) is 10.9 Å². The third-order valence-corrected chi connectivity index (χ3v) is 2.26. The minimum atomic E-state index is -1.01. The fourth-order valence-corrected chi connectivity index (χ4v) is 1.18. The van der Waals surface area contributed by atoms with Crippen LogP contribution in [0.4, 0.5) is 4.79 Å². The van der Waals surface area contributed by atoms with E-state index in [9.17, 15) is 19.2 Å². The lowest BCUT2D eigenvalue weighted by atomic mass is 10.8. The molecule has 0 aliphatic rings. The molecule has 1 amide bonds. The first kappa shape index (κ1) is 18.7. The molecule has 0 saturated heterocycles. The minimum Gasteiger partial charge on any atom is -0.428 e. The van der Waals surface area contributed by atoms with Crippen molar-refractivity contribution in [3.05, 3.63) is 0 Å². The Morgan fingerprint density at radius 3 is 2.00 bits per heavy atom. The molecule has 10 nitrogen and oxygen atoms in total. The van der Waals surface area contributed by atoms with Crippen molar-refractivity contribution in [1.29, 1.82) is 5.41 Å². The van der Waals surface area contributed by atoms with Crippen LogP contribution in [0.5, 0.6) is 0 Å². The zero-order valence-electron chi connectivity index (χ0n) is 11.3. The summed E-state index contributed by atoms with van der Waals surface area (Å²) in [6.07, 6.45) is -1.01. The van der Waals surface area contributed by atoms with Gasteiger partial charge in [0.25, 0.3) is 0 Å². The molecule has 0 rings (SSSR count). The van der Waals surface area contributed by atoms with E-state index in [2.05, 4.69) is 18.9 Å². The van der Waals surface area contributed by atoms with Gasteiger partial charge < -0.3 is 18.9 Å². The second-order valence-electron chi connectivity index (χ2n) is 3.20. The topological polar surface area (TPSA) is 141 Å². The second kappa shape index (κ2) is 10.5. The molecule has 0 aliphatic carbocycles. The summed E-state index contributed by atoms with van der Waals surface area (Å²) >= 11 is 0.660. The van der Waals surface area contributed by atoms with Crippen molar-refractivity contribution < 1.29 is 38.1 Å². The van der Waals surface area contributed by atoms with Crippen molar-refractivity contribution in [2.24, 2.45) is 0 Å². The quantitative estimate of drug-likeness (QED) is 0.298. The van der Waals surface area contributed by atoms with Crippen molar-refractivity contribution in [3.63, 3.8) is 0 Å². The number of rotatable bonds is 6. The summed E-state index contributed by atoms with van der Waals surface area (Å²) in [6, 6.07) is 0.